The molecule has 3 aromatic rings. The van der Waals surface area contributed by atoms with Crippen molar-refractivity contribution in [3.8, 4) is 0 Å². The van der Waals surface area contributed by atoms with Gasteiger partial charge in [-0.2, -0.15) is 0 Å². The first kappa shape index (κ1) is 38.7. The highest BCUT2D eigenvalue weighted by Gasteiger charge is 2.41. The fraction of sp³-hybridized carbons (Fsp3) is 0.378. The van der Waals surface area contributed by atoms with E-state index >= 15 is 0 Å². The van der Waals surface area contributed by atoms with Gasteiger partial charge in [-0.05, 0) is 62.3 Å². The van der Waals surface area contributed by atoms with Crippen LogP contribution in [0.4, 0.5) is 0 Å². The summed E-state index contributed by atoms with van der Waals surface area (Å²) in [5.74, 6) is -3.14. The molecule has 0 spiro atoms. The van der Waals surface area contributed by atoms with Gasteiger partial charge in [0.05, 0.1) is 18.2 Å². The van der Waals surface area contributed by atoms with E-state index in [1.165, 1.54) is 4.90 Å². The molecular formula is C37H45ClN4O7. The Bertz CT molecular complexity index is 1540. The number of unbranched alkanes of at least 4 members (excludes halogenated alkanes) is 1. The Balaban J connectivity index is 0.00000650. The third kappa shape index (κ3) is 11.2. The molecular weight excluding hydrogens is 648 g/mol. The summed E-state index contributed by atoms with van der Waals surface area (Å²) in [5.41, 5.74) is 6.78. The minimum absolute atomic E-state index is 0. The number of nitrogens with zero attached hydrogens (tertiary/aromatic N) is 1. The molecule has 0 aliphatic carbocycles. The molecule has 1 saturated heterocycles. The van der Waals surface area contributed by atoms with Crippen molar-refractivity contribution in [2.45, 2.75) is 75.5 Å². The average molecular weight is 693 g/mol. The molecule has 1 heterocycles. The number of esters is 1. The zero-order valence-electron chi connectivity index (χ0n) is 27.6. The van der Waals surface area contributed by atoms with Gasteiger partial charge < -0.3 is 31.1 Å². The van der Waals surface area contributed by atoms with E-state index in [2.05, 4.69) is 10.6 Å². The molecule has 262 valence electrons. The number of nitrogens with two attached hydrogens (primary N) is 1. The maximum absolute atomic E-state index is 14.1. The van der Waals surface area contributed by atoms with Crippen molar-refractivity contribution in [1.82, 2.24) is 15.5 Å². The molecule has 1 aliphatic rings. The third-order valence-corrected chi connectivity index (χ3v) is 8.50. The number of hydrogen-bond donors (Lipinski definition) is 4. The van der Waals surface area contributed by atoms with Gasteiger partial charge in [-0.3, -0.25) is 14.4 Å². The standard InChI is InChI=1S/C37H44N4O7.ClH/c1-37(25-27-16-7-3-8-17-27,40-32(42)29(38)20-11-12-23-48-35(46)28-18-9-4-10-19-28)36(47)39-30(24-26-14-5-2-6-15-26)33(43)41-22-13-21-31(41)34(44)45;/h2-10,14-19,29-31H,11-13,20-25,38H2,1H3,(H,39,47)(H,40,42)(H,44,45);1H/t29-,30?,31+,37-;/m0./s1. The molecule has 3 aromatic carbocycles. The van der Waals surface area contributed by atoms with Gasteiger partial charge >= 0.3 is 11.9 Å². The van der Waals surface area contributed by atoms with Crippen LogP contribution in [0, 0.1) is 0 Å². The van der Waals surface area contributed by atoms with Gasteiger partial charge in [0.15, 0.2) is 0 Å². The predicted octanol–water partition coefficient (Wildman–Crippen LogP) is 3.68. The predicted molar refractivity (Wildman–Crippen MR) is 187 cm³/mol. The number of nitrogens with one attached hydrogen (secondary N) is 2. The summed E-state index contributed by atoms with van der Waals surface area (Å²) >= 11 is 0. The number of likely N-dealkylation sites (tertiary alicyclic amines) is 1. The fourth-order valence-corrected chi connectivity index (χ4v) is 5.82. The van der Waals surface area contributed by atoms with Gasteiger partial charge in [0.2, 0.25) is 17.7 Å². The van der Waals surface area contributed by atoms with Crippen molar-refractivity contribution in [3.63, 3.8) is 0 Å². The zero-order valence-corrected chi connectivity index (χ0v) is 28.4. The lowest BCUT2D eigenvalue weighted by atomic mass is 9.90. The Morgan fingerprint density at radius 1 is 0.918 bits per heavy atom. The highest BCUT2D eigenvalue weighted by Crippen LogP contribution is 2.21. The van der Waals surface area contributed by atoms with Crippen LogP contribution in [0.2, 0.25) is 0 Å². The molecule has 4 atom stereocenters. The summed E-state index contributed by atoms with van der Waals surface area (Å²) in [6, 6.07) is 24.0. The molecule has 3 amide bonds. The summed E-state index contributed by atoms with van der Waals surface area (Å²) in [6.45, 7) is 2.03. The molecule has 0 aromatic heterocycles. The average Bonchev–Trinajstić information content (AvgIpc) is 3.59. The first-order valence-electron chi connectivity index (χ1n) is 16.3. The van der Waals surface area contributed by atoms with Crippen molar-refractivity contribution in [2.24, 2.45) is 5.73 Å². The van der Waals surface area contributed by atoms with Gasteiger partial charge in [-0.25, -0.2) is 9.59 Å². The lowest BCUT2D eigenvalue weighted by molar-refractivity contribution is -0.149. The van der Waals surface area contributed by atoms with Crippen LogP contribution in [0.15, 0.2) is 91.0 Å². The van der Waals surface area contributed by atoms with Crippen molar-refractivity contribution >= 4 is 42.1 Å². The number of carbonyl (C=O) groups is 5. The molecule has 12 heteroatoms. The van der Waals surface area contributed by atoms with Crippen LogP contribution >= 0.6 is 12.4 Å². The van der Waals surface area contributed by atoms with Crippen molar-refractivity contribution in [3.05, 3.63) is 108 Å². The van der Waals surface area contributed by atoms with E-state index < -0.39 is 53.3 Å². The normalized spacial score (nSPS) is 16.3. The monoisotopic (exact) mass is 692 g/mol. The Morgan fingerprint density at radius 2 is 1.51 bits per heavy atom. The first-order chi connectivity index (χ1) is 23.1. The fourth-order valence-electron chi connectivity index (χ4n) is 5.82. The largest absolute Gasteiger partial charge is 0.480 e. The van der Waals surface area contributed by atoms with E-state index in [9.17, 15) is 29.1 Å². The lowest BCUT2D eigenvalue weighted by Gasteiger charge is -2.34. The Labute approximate surface area is 293 Å². The van der Waals surface area contributed by atoms with Crippen LogP contribution in [0.5, 0.6) is 0 Å². The topological polar surface area (TPSA) is 168 Å². The molecule has 0 saturated carbocycles. The summed E-state index contributed by atoms with van der Waals surface area (Å²) in [4.78, 5) is 66.7. The lowest BCUT2D eigenvalue weighted by Crippen LogP contribution is -2.64. The van der Waals surface area contributed by atoms with E-state index in [1.807, 2.05) is 66.7 Å². The molecule has 0 bridgehead atoms. The van der Waals surface area contributed by atoms with E-state index in [4.69, 9.17) is 10.5 Å². The maximum Gasteiger partial charge on any atom is 0.338 e. The number of rotatable bonds is 16. The summed E-state index contributed by atoms with van der Waals surface area (Å²) in [5, 5.41) is 15.4. The molecule has 5 N–H and O–H groups in total. The first-order valence-corrected chi connectivity index (χ1v) is 16.3. The van der Waals surface area contributed by atoms with Crippen LogP contribution in [0.1, 0.15) is 60.5 Å². The molecule has 11 nitrogen and oxygen atoms in total. The summed E-state index contributed by atoms with van der Waals surface area (Å²) in [6.07, 6.45) is 2.43. The second kappa shape index (κ2) is 18.7. The van der Waals surface area contributed by atoms with Crippen LogP contribution < -0.4 is 16.4 Å². The maximum atomic E-state index is 14.1. The quantitative estimate of drug-likeness (QED) is 0.130. The zero-order chi connectivity index (χ0) is 34.5. The SMILES string of the molecule is C[C@@](Cc1ccccc1)(NC(=O)[C@@H](N)CCCCOC(=O)c1ccccc1)C(=O)NC(Cc1ccccc1)C(=O)N1CCC[C@@H]1C(=O)O.Cl. The number of ether oxygens (including phenoxy) is 1. The van der Waals surface area contributed by atoms with Gasteiger partial charge in [-0.15, -0.1) is 12.4 Å². The van der Waals surface area contributed by atoms with E-state index in [1.54, 1.807) is 31.2 Å². The number of amides is 3. The minimum Gasteiger partial charge on any atom is -0.480 e. The van der Waals surface area contributed by atoms with Crippen molar-refractivity contribution in [1.29, 1.82) is 0 Å². The highest BCUT2D eigenvalue weighted by atomic mass is 35.5. The van der Waals surface area contributed by atoms with E-state index in [0.29, 0.717) is 37.7 Å². The summed E-state index contributed by atoms with van der Waals surface area (Å²) < 4.78 is 5.31. The summed E-state index contributed by atoms with van der Waals surface area (Å²) in [7, 11) is 0. The second-order valence-corrected chi connectivity index (χ2v) is 12.3. The van der Waals surface area contributed by atoms with Crippen molar-refractivity contribution in [2.75, 3.05) is 13.2 Å². The number of aliphatic carboxylic acids is 1. The van der Waals surface area contributed by atoms with Crippen LogP contribution in [-0.2, 0) is 36.8 Å². The minimum atomic E-state index is -1.51. The Hall–Kier alpha value is -4.74. The number of hydrogen-bond acceptors (Lipinski definition) is 7. The second-order valence-electron chi connectivity index (χ2n) is 12.3. The van der Waals surface area contributed by atoms with Crippen LogP contribution in [0.25, 0.3) is 0 Å². The number of benzene rings is 3. The molecule has 0 radical (unpaired) electrons. The smallest absolute Gasteiger partial charge is 0.338 e. The van der Waals surface area contributed by atoms with E-state index in [0.717, 1.165) is 11.1 Å². The number of carboxylic acid groups (broad SMARTS) is 1. The van der Waals surface area contributed by atoms with Crippen LogP contribution in [-0.4, -0.2) is 76.5 Å². The van der Waals surface area contributed by atoms with Gasteiger partial charge in [-0.1, -0.05) is 78.9 Å². The molecule has 1 fully saturated rings. The molecule has 1 unspecified atom stereocenters. The number of halogens is 1. The van der Waals surface area contributed by atoms with Gasteiger partial charge in [0.25, 0.3) is 0 Å². The Morgan fingerprint density at radius 3 is 2.12 bits per heavy atom. The van der Waals surface area contributed by atoms with Crippen molar-refractivity contribution < 1.29 is 33.8 Å². The Kier molecular flexibility index (Phi) is 14.8. The van der Waals surface area contributed by atoms with Gasteiger partial charge in [0, 0.05) is 19.4 Å². The van der Waals surface area contributed by atoms with E-state index in [-0.39, 0.29) is 38.4 Å². The molecule has 1 aliphatic heterocycles. The highest BCUT2D eigenvalue weighted by molar-refractivity contribution is 5.96. The molecule has 49 heavy (non-hydrogen) atoms. The van der Waals surface area contributed by atoms with Gasteiger partial charge in [0.1, 0.15) is 17.6 Å². The third-order valence-electron chi connectivity index (χ3n) is 8.50. The number of carboxylic acids is 1. The number of carbonyl (C=O) groups excluding carboxylic acids is 4. The van der Waals surface area contributed by atoms with Crippen LogP contribution in [0.3, 0.4) is 0 Å². The molecule has 4 rings (SSSR count).